The SMILES string of the molecule is CC(=O)c1cc2cccc([N+](=O)[O-])c2o1. The van der Waals surface area contributed by atoms with Crippen LogP contribution in [0.15, 0.2) is 28.7 Å². The van der Waals surface area contributed by atoms with Crippen molar-refractivity contribution in [2.24, 2.45) is 0 Å². The van der Waals surface area contributed by atoms with Gasteiger partial charge in [-0.3, -0.25) is 14.9 Å². The van der Waals surface area contributed by atoms with E-state index < -0.39 is 4.92 Å². The highest BCUT2D eigenvalue weighted by atomic mass is 16.6. The van der Waals surface area contributed by atoms with Crippen molar-refractivity contribution in [1.29, 1.82) is 0 Å². The standard InChI is InChI=1S/C10H7NO4/c1-6(12)9-5-7-3-2-4-8(11(13)14)10(7)15-9/h2-5H,1H3. The van der Waals surface area contributed by atoms with E-state index in [2.05, 4.69) is 0 Å². The van der Waals surface area contributed by atoms with Crippen LogP contribution in [0.3, 0.4) is 0 Å². The monoisotopic (exact) mass is 205 g/mol. The lowest BCUT2D eigenvalue weighted by Crippen LogP contribution is -1.87. The highest BCUT2D eigenvalue weighted by Gasteiger charge is 2.17. The van der Waals surface area contributed by atoms with Crippen LogP contribution in [-0.2, 0) is 0 Å². The maximum absolute atomic E-state index is 11.0. The number of nitro benzene ring substituents is 1. The van der Waals surface area contributed by atoms with E-state index in [1.165, 1.54) is 19.1 Å². The number of nitrogens with zero attached hydrogens (tertiary/aromatic N) is 1. The smallest absolute Gasteiger partial charge is 0.312 e. The van der Waals surface area contributed by atoms with Gasteiger partial charge in [-0.1, -0.05) is 12.1 Å². The maximum Gasteiger partial charge on any atom is 0.312 e. The fourth-order valence-electron chi connectivity index (χ4n) is 1.36. The van der Waals surface area contributed by atoms with E-state index in [1.807, 2.05) is 0 Å². The molecule has 2 aromatic rings. The summed E-state index contributed by atoms with van der Waals surface area (Å²) >= 11 is 0. The van der Waals surface area contributed by atoms with Crippen LogP contribution in [0.5, 0.6) is 0 Å². The Morgan fingerprint density at radius 1 is 1.47 bits per heavy atom. The van der Waals surface area contributed by atoms with Crippen LogP contribution < -0.4 is 0 Å². The van der Waals surface area contributed by atoms with Gasteiger partial charge in [0, 0.05) is 18.4 Å². The number of fused-ring (bicyclic) bond motifs is 1. The highest BCUT2D eigenvalue weighted by Crippen LogP contribution is 2.28. The van der Waals surface area contributed by atoms with Gasteiger partial charge in [-0.05, 0) is 6.07 Å². The molecule has 0 N–H and O–H groups in total. The van der Waals surface area contributed by atoms with Gasteiger partial charge < -0.3 is 4.42 Å². The molecule has 5 nitrogen and oxygen atoms in total. The summed E-state index contributed by atoms with van der Waals surface area (Å²) in [5.74, 6) is -0.111. The summed E-state index contributed by atoms with van der Waals surface area (Å²) in [5, 5.41) is 11.2. The van der Waals surface area contributed by atoms with Crippen molar-refractivity contribution in [3.63, 3.8) is 0 Å². The minimum Gasteiger partial charge on any atom is -0.446 e. The molecule has 0 fully saturated rings. The molecule has 0 bridgehead atoms. The van der Waals surface area contributed by atoms with Crippen LogP contribution in [0.4, 0.5) is 5.69 Å². The van der Waals surface area contributed by atoms with E-state index in [9.17, 15) is 14.9 Å². The Labute approximate surface area is 84.5 Å². The highest BCUT2D eigenvalue weighted by molar-refractivity contribution is 5.97. The summed E-state index contributed by atoms with van der Waals surface area (Å²) in [4.78, 5) is 21.2. The zero-order chi connectivity index (χ0) is 11.0. The van der Waals surface area contributed by atoms with Gasteiger partial charge in [0.2, 0.25) is 5.58 Å². The van der Waals surface area contributed by atoms with Crippen LogP contribution in [-0.4, -0.2) is 10.7 Å². The van der Waals surface area contributed by atoms with E-state index in [0.29, 0.717) is 5.39 Å². The molecule has 1 aromatic heterocycles. The first kappa shape index (κ1) is 9.39. The molecule has 0 saturated heterocycles. The number of rotatable bonds is 2. The molecule has 0 unspecified atom stereocenters. The zero-order valence-electron chi connectivity index (χ0n) is 7.89. The fourth-order valence-corrected chi connectivity index (χ4v) is 1.36. The van der Waals surface area contributed by atoms with Crippen molar-refractivity contribution in [1.82, 2.24) is 0 Å². The Morgan fingerprint density at radius 3 is 2.80 bits per heavy atom. The minimum atomic E-state index is -0.532. The number of nitro groups is 1. The van der Waals surface area contributed by atoms with Crippen molar-refractivity contribution >= 4 is 22.4 Å². The molecule has 2 rings (SSSR count). The lowest BCUT2D eigenvalue weighted by atomic mass is 10.2. The second-order valence-electron chi connectivity index (χ2n) is 3.12. The van der Waals surface area contributed by atoms with Gasteiger partial charge in [0.25, 0.3) is 0 Å². The van der Waals surface area contributed by atoms with E-state index >= 15 is 0 Å². The van der Waals surface area contributed by atoms with Gasteiger partial charge in [-0.25, -0.2) is 0 Å². The van der Waals surface area contributed by atoms with Crippen molar-refractivity contribution in [3.8, 4) is 0 Å². The minimum absolute atomic E-state index is 0.125. The van der Waals surface area contributed by atoms with Crippen molar-refractivity contribution in [2.45, 2.75) is 6.92 Å². The zero-order valence-corrected chi connectivity index (χ0v) is 7.89. The molecule has 1 aromatic carbocycles. The molecule has 76 valence electrons. The maximum atomic E-state index is 11.0. The van der Waals surface area contributed by atoms with E-state index in [4.69, 9.17) is 4.42 Å². The van der Waals surface area contributed by atoms with Crippen molar-refractivity contribution in [2.75, 3.05) is 0 Å². The number of non-ortho nitro benzene ring substituents is 1. The molecular formula is C10H7NO4. The molecule has 0 radical (unpaired) electrons. The topological polar surface area (TPSA) is 73.3 Å². The first-order valence-corrected chi connectivity index (χ1v) is 4.27. The van der Waals surface area contributed by atoms with Gasteiger partial charge in [0.15, 0.2) is 11.5 Å². The Hall–Kier alpha value is -2.17. The third-order valence-corrected chi connectivity index (χ3v) is 2.07. The number of carbonyl (C=O) groups excluding carboxylic acids is 1. The Balaban J connectivity index is 2.75. The normalized spacial score (nSPS) is 10.5. The number of Topliss-reactive ketones (excluding diaryl/α,β-unsaturated/α-hetero) is 1. The Kier molecular flexibility index (Phi) is 2.00. The van der Waals surface area contributed by atoms with E-state index in [1.54, 1.807) is 12.1 Å². The molecule has 0 aliphatic heterocycles. The molecule has 0 aliphatic carbocycles. The van der Waals surface area contributed by atoms with E-state index in [-0.39, 0.29) is 22.8 Å². The molecule has 0 aliphatic rings. The van der Waals surface area contributed by atoms with E-state index in [0.717, 1.165) is 0 Å². The third kappa shape index (κ3) is 1.48. The number of carbonyl (C=O) groups is 1. The second-order valence-corrected chi connectivity index (χ2v) is 3.12. The number of ketones is 1. The summed E-state index contributed by atoms with van der Waals surface area (Å²) in [7, 11) is 0. The first-order valence-electron chi connectivity index (χ1n) is 4.27. The summed E-state index contributed by atoms with van der Waals surface area (Å²) in [6.07, 6.45) is 0. The molecule has 1 heterocycles. The third-order valence-electron chi connectivity index (χ3n) is 2.07. The summed E-state index contributed by atoms with van der Waals surface area (Å²) in [6.45, 7) is 1.35. The average Bonchev–Trinajstić information content (AvgIpc) is 2.60. The quantitative estimate of drug-likeness (QED) is 0.429. The molecule has 5 heteroatoms. The van der Waals surface area contributed by atoms with Crippen molar-refractivity contribution < 1.29 is 14.1 Å². The van der Waals surface area contributed by atoms with Gasteiger partial charge in [0.05, 0.1) is 4.92 Å². The van der Waals surface area contributed by atoms with Gasteiger partial charge >= 0.3 is 5.69 Å². The largest absolute Gasteiger partial charge is 0.446 e. The lowest BCUT2D eigenvalue weighted by molar-refractivity contribution is -0.383. The van der Waals surface area contributed by atoms with Gasteiger partial charge in [0.1, 0.15) is 0 Å². The summed E-state index contributed by atoms with van der Waals surface area (Å²) < 4.78 is 5.13. The molecular weight excluding hydrogens is 198 g/mol. The van der Waals surface area contributed by atoms with Gasteiger partial charge in [-0.2, -0.15) is 0 Å². The molecule has 0 saturated carbocycles. The van der Waals surface area contributed by atoms with Gasteiger partial charge in [-0.15, -0.1) is 0 Å². The number of furan rings is 1. The number of para-hydroxylation sites is 1. The van der Waals surface area contributed by atoms with Crippen LogP contribution in [0, 0.1) is 10.1 Å². The molecule has 0 amide bonds. The molecule has 0 atom stereocenters. The first-order chi connectivity index (χ1) is 7.09. The summed E-state index contributed by atoms with van der Waals surface area (Å²) in [5.41, 5.74) is 0.0210. The Bertz CT molecular complexity index is 556. The fraction of sp³-hybridized carbons (Fsp3) is 0.100. The lowest BCUT2D eigenvalue weighted by Gasteiger charge is -1.90. The molecule has 0 spiro atoms. The van der Waals surface area contributed by atoms with Crippen LogP contribution in [0.1, 0.15) is 17.5 Å². The predicted octanol–water partition coefficient (Wildman–Crippen LogP) is 2.54. The predicted molar refractivity (Wildman–Crippen MR) is 52.9 cm³/mol. The number of benzene rings is 1. The van der Waals surface area contributed by atoms with Crippen LogP contribution >= 0.6 is 0 Å². The molecule has 15 heavy (non-hydrogen) atoms. The number of hydrogen-bond donors (Lipinski definition) is 0. The summed E-state index contributed by atoms with van der Waals surface area (Å²) in [6, 6.07) is 6.07. The van der Waals surface area contributed by atoms with Crippen LogP contribution in [0.2, 0.25) is 0 Å². The number of hydrogen-bond acceptors (Lipinski definition) is 4. The average molecular weight is 205 g/mol. The van der Waals surface area contributed by atoms with Crippen LogP contribution in [0.25, 0.3) is 11.0 Å². The Morgan fingerprint density at radius 2 is 2.20 bits per heavy atom. The second kappa shape index (κ2) is 3.20. The van der Waals surface area contributed by atoms with Crippen molar-refractivity contribution in [3.05, 3.63) is 40.1 Å².